The van der Waals surface area contributed by atoms with E-state index in [0.717, 1.165) is 29.4 Å². The van der Waals surface area contributed by atoms with E-state index in [1.807, 2.05) is 38.1 Å². The van der Waals surface area contributed by atoms with Crippen molar-refractivity contribution in [2.75, 3.05) is 6.61 Å². The third kappa shape index (κ3) is 3.67. The molecule has 1 N–H and O–H groups in total. The maximum Gasteiger partial charge on any atom is 0.339 e. The average Bonchev–Trinajstić information content (AvgIpc) is 3.36. The van der Waals surface area contributed by atoms with Gasteiger partial charge < -0.3 is 10.1 Å². The van der Waals surface area contributed by atoms with Gasteiger partial charge in [0.05, 0.1) is 11.1 Å². The highest BCUT2D eigenvalue weighted by molar-refractivity contribution is 6.04. The molecular weight excluding hydrogens is 292 g/mol. The maximum absolute atomic E-state index is 12.3. The Morgan fingerprint density at radius 1 is 1.35 bits per heavy atom. The van der Waals surface area contributed by atoms with Gasteiger partial charge in [-0.2, -0.15) is 0 Å². The van der Waals surface area contributed by atoms with Gasteiger partial charge in [0.1, 0.15) is 0 Å². The number of amides is 1. The van der Waals surface area contributed by atoms with Crippen LogP contribution in [0, 0.1) is 12.8 Å². The van der Waals surface area contributed by atoms with Crippen LogP contribution in [-0.4, -0.2) is 29.5 Å². The summed E-state index contributed by atoms with van der Waals surface area (Å²) in [6.07, 6.45) is 2.31. The summed E-state index contributed by atoms with van der Waals surface area (Å²) in [5.41, 5.74) is 1.92. The van der Waals surface area contributed by atoms with Crippen molar-refractivity contribution < 1.29 is 14.3 Å². The molecule has 1 fully saturated rings. The van der Waals surface area contributed by atoms with Crippen molar-refractivity contribution in [3.05, 3.63) is 41.6 Å². The molecule has 3 rings (SSSR count). The number of aryl methyl sites for hydroxylation is 1. The number of carbonyl (C=O) groups is 2. The maximum atomic E-state index is 12.3. The smallest absolute Gasteiger partial charge is 0.339 e. The quantitative estimate of drug-likeness (QED) is 0.862. The zero-order valence-corrected chi connectivity index (χ0v) is 13.3. The fourth-order valence-corrected chi connectivity index (χ4v) is 2.70. The van der Waals surface area contributed by atoms with Crippen LogP contribution in [0.5, 0.6) is 0 Å². The number of benzene rings is 1. The summed E-state index contributed by atoms with van der Waals surface area (Å²) in [5.74, 6) is -0.185. The fraction of sp³-hybridized carbons (Fsp3) is 0.389. The summed E-state index contributed by atoms with van der Waals surface area (Å²) in [4.78, 5) is 28.6. The number of aromatic nitrogens is 1. The van der Waals surface area contributed by atoms with Crippen LogP contribution in [0.25, 0.3) is 10.9 Å². The van der Waals surface area contributed by atoms with Crippen LogP contribution in [0.15, 0.2) is 30.3 Å². The van der Waals surface area contributed by atoms with E-state index >= 15 is 0 Å². The zero-order chi connectivity index (χ0) is 16.4. The molecule has 1 aromatic carbocycles. The Bertz CT molecular complexity index is 753. The minimum Gasteiger partial charge on any atom is -0.452 e. The summed E-state index contributed by atoms with van der Waals surface area (Å²) >= 11 is 0. The molecule has 0 saturated heterocycles. The first-order valence-corrected chi connectivity index (χ1v) is 7.87. The molecule has 1 aliphatic rings. The van der Waals surface area contributed by atoms with E-state index in [4.69, 9.17) is 4.74 Å². The van der Waals surface area contributed by atoms with Gasteiger partial charge in [-0.1, -0.05) is 18.2 Å². The molecular formula is C18H20N2O3. The first kappa shape index (κ1) is 15.5. The Labute approximate surface area is 135 Å². The summed E-state index contributed by atoms with van der Waals surface area (Å²) < 4.78 is 5.18. The van der Waals surface area contributed by atoms with Crippen molar-refractivity contribution in [2.45, 2.75) is 32.7 Å². The number of carbonyl (C=O) groups excluding carboxylic acids is 2. The summed E-state index contributed by atoms with van der Waals surface area (Å²) in [7, 11) is 0. The largest absolute Gasteiger partial charge is 0.452 e. The number of nitrogens with one attached hydrogen (secondary N) is 1. The second-order valence-electron chi connectivity index (χ2n) is 6.10. The number of hydrogen-bond acceptors (Lipinski definition) is 4. The number of pyridine rings is 1. The number of nitrogens with zero attached hydrogens (tertiary/aromatic N) is 1. The van der Waals surface area contributed by atoms with Crippen LogP contribution in [0.2, 0.25) is 0 Å². The Morgan fingerprint density at radius 3 is 2.83 bits per heavy atom. The zero-order valence-electron chi connectivity index (χ0n) is 13.3. The number of esters is 1. The molecule has 5 nitrogen and oxygen atoms in total. The van der Waals surface area contributed by atoms with E-state index in [1.165, 1.54) is 0 Å². The molecule has 0 bridgehead atoms. The van der Waals surface area contributed by atoms with Crippen LogP contribution in [0.3, 0.4) is 0 Å². The van der Waals surface area contributed by atoms with Gasteiger partial charge in [-0.05, 0) is 44.7 Å². The van der Waals surface area contributed by atoms with Gasteiger partial charge in [0.25, 0.3) is 5.91 Å². The van der Waals surface area contributed by atoms with Gasteiger partial charge in [0.2, 0.25) is 0 Å². The Balaban J connectivity index is 1.67. The average molecular weight is 312 g/mol. The van der Waals surface area contributed by atoms with E-state index in [0.29, 0.717) is 11.5 Å². The second kappa shape index (κ2) is 6.36. The topological polar surface area (TPSA) is 68.3 Å². The van der Waals surface area contributed by atoms with Crippen molar-refractivity contribution in [2.24, 2.45) is 5.92 Å². The molecule has 1 saturated carbocycles. The predicted octanol–water partition coefficient (Wildman–Crippen LogP) is 2.61. The molecule has 1 heterocycles. The fourth-order valence-electron chi connectivity index (χ4n) is 2.70. The highest BCUT2D eigenvalue weighted by Gasteiger charge is 2.29. The number of hydrogen-bond donors (Lipinski definition) is 1. The van der Waals surface area contributed by atoms with Gasteiger partial charge >= 0.3 is 5.97 Å². The van der Waals surface area contributed by atoms with Crippen molar-refractivity contribution in [1.29, 1.82) is 0 Å². The lowest BCUT2D eigenvalue weighted by atomic mass is 10.1. The van der Waals surface area contributed by atoms with Crippen LogP contribution >= 0.6 is 0 Å². The normalized spacial score (nSPS) is 15.2. The molecule has 0 unspecified atom stereocenters. The van der Waals surface area contributed by atoms with E-state index < -0.39 is 5.97 Å². The highest BCUT2D eigenvalue weighted by Crippen LogP contribution is 2.32. The predicted molar refractivity (Wildman–Crippen MR) is 87.1 cm³/mol. The van der Waals surface area contributed by atoms with Gasteiger partial charge in [0, 0.05) is 17.1 Å². The van der Waals surface area contributed by atoms with Gasteiger partial charge in [-0.15, -0.1) is 0 Å². The Hall–Kier alpha value is -2.43. The van der Waals surface area contributed by atoms with Crippen LogP contribution < -0.4 is 5.32 Å². The van der Waals surface area contributed by atoms with Crippen LogP contribution in [0.4, 0.5) is 0 Å². The van der Waals surface area contributed by atoms with E-state index in [1.54, 1.807) is 6.07 Å². The van der Waals surface area contributed by atoms with Crippen LogP contribution in [-0.2, 0) is 9.53 Å². The second-order valence-corrected chi connectivity index (χ2v) is 6.10. The Kier molecular flexibility index (Phi) is 4.28. The van der Waals surface area contributed by atoms with E-state index in [-0.39, 0.29) is 18.6 Å². The Morgan fingerprint density at radius 2 is 2.09 bits per heavy atom. The molecule has 0 aliphatic heterocycles. The summed E-state index contributed by atoms with van der Waals surface area (Å²) in [6.45, 7) is 3.55. The number of ether oxygens (including phenoxy) is 1. The van der Waals surface area contributed by atoms with Crippen molar-refractivity contribution in [3.8, 4) is 0 Å². The van der Waals surface area contributed by atoms with Gasteiger partial charge in [-0.3, -0.25) is 9.78 Å². The third-order valence-electron chi connectivity index (χ3n) is 4.12. The lowest BCUT2D eigenvalue weighted by Crippen LogP contribution is -2.37. The molecule has 2 aromatic rings. The standard InChI is InChI=1S/C18H20N2O3/c1-11-9-15(14-5-3-4-6-16(14)19-11)18(22)23-10-17(21)20-12(2)13-7-8-13/h3-6,9,12-13H,7-8,10H2,1-2H3,(H,20,21)/t12-/m1/s1. The summed E-state index contributed by atoms with van der Waals surface area (Å²) in [5, 5.41) is 3.60. The molecule has 1 aliphatic carbocycles. The van der Waals surface area contributed by atoms with E-state index in [2.05, 4.69) is 10.3 Å². The molecule has 0 radical (unpaired) electrons. The van der Waals surface area contributed by atoms with Crippen molar-refractivity contribution in [3.63, 3.8) is 0 Å². The van der Waals surface area contributed by atoms with Crippen molar-refractivity contribution >= 4 is 22.8 Å². The molecule has 1 atom stereocenters. The monoisotopic (exact) mass is 312 g/mol. The van der Waals surface area contributed by atoms with Crippen LogP contribution in [0.1, 0.15) is 35.8 Å². The molecule has 120 valence electrons. The van der Waals surface area contributed by atoms with Gasteiger partial charge in [0.15, 0.2) is 6.61 Å². The lowest BCUT2D eigenvalue weighted by molar-refractivity contribution is -0.124. The van der Waals surface area contributed by atoms with E-state index in [9.17, 15) is 9.59 Å². The third-order valence-corrected chi connectivity index (χ3v) is 4.12. The number of fused-ring (bicyclic) bond motifs is 1. The molecule has 23 heavy (non-hydrogen) atoms. The SMILES string of the molecule is Cc1cc(C(=O)OCC(=O)N[C@H](C)C2CC2)c2ccccc2n1. The first-order valence-electron chi connectivity index (χ1n) is 7.87. The number of rotatable bonds is 5. The van der Waals surface area contributed by atoms with Gasteiger partial charge in [-0.25, -0.2) is 4.79 Å². The lowest BCUT2D eigenvalue weighted by Gasteiger charge is -2.13. The molecule has 5 heteroatoms. The summed E-state index contributed by atoms with van der Waals surface area (Å²) in [6, 6.07) is 9.23. The molecule has 1 aromatic heterocycles. The molecule has 0 spiro atoms. The first-order chi connectivity index (χ1) is 11.0. The highest BCUT2D eigenvalue weighted by atomic mass is 16.5. The minimum atomic E-state index is -0.499. The minimum absolute atomic E-state index is 0.144. The van der Waals surface area contributed by atoms with Crippen molar-refractivity contribution in [1.82, 2.24) is 10.3 Å². The molecule has 1 amide bonds. The number of para-hydroxylation sites is 1.